The average Bonchev–Trinajstić information content (AvgIpc) is 3.06. The van der Waals surface area contributed by atoms with Crippen LogP contribution in [0.5, 0.6) is 17.2 Å². The highest BCUT2D eigenvalue weighted by Crippen LogP contribution is 2.47. The number of phenolic OH excluding ortho intramolecular Hbond substituents is 1. The fraction of sp³-hybridized carbons (Fsp3) is 0. The van der Waals surface area contributed by atoms with Crippen molar-refractivity contribution in [1.82, 2.24) is 0 Å². The summed E-state index contributed by atoms with van der Waals surface area (Å²) in [6, 6.07) is 52.7. The smallest absolute Gasteiger partial charge is 0.143 e. The minimum absolute atomic E-state index is 0.252. The molecule has 0 bridgehead atoms. The van der Waals surface area contributed by atoms with Crippen LogP contribution in [-0.2, 0) is 0 Å². The van der Waals surface area contributed by atoms with Gasteiger partial charge in [-0.25, -0.2) is 0 Å². The van der Waals surface area contributed by atoms with Crippen LogP contribution in [0.25, 0.3) is 75.8 Å². The lowest BCUT2D eigenvalue weighted by Crippen LogP contribution is -1.93. The molecule has 0 fully saturated rings. The third-order valence-corrected chi connectivity index (χ3v) is 8.90. The van der Waals surface area contributed by atoms with E-state index in [9.17, 15) is 5.11 Å². The van der Waals surface area contributed by atoms with E-state index in [0.717, 1.165) is 71.1 Å². The number of hydrogen-bond acceptors (Lipinski definition) is 2. The number of phenols is 1. The predicted octanol–water partition coefficient (Wildman–Crippen LogP) is 11.8. The highest BCUT2D eigenvalue weighted by Gasteiger charge is 2.19. The summed E-state index contributed by atoms with van der Waals surface area (Å²) in [6.45, 7) is 0. The van der Waals surface area contributed by atoms with Gasteiger partial charge in [0.25, 0.3) is 0 Å². The zero-order valence-electron chi connectivity index (χ0n) is 23.8. The summed E-state index contributed by atoms with van der Waals surface area (Å²) in [4.78, 5) is 0. The fourth-order valence-corrected chi connectivity index (χ4v) is 6.66. The third-order valence-electron chi connectivity index (χ3n) is 8.90. The lowest BCUT2D eigenvalue weighted by Gasteiger charge is -2.18. The molecular weight excluding hydrogens is 536 g/mol. The summed E-state index contributed by atoms with van der Waals surface area (Å²) in [7, 11) is 0. The van der Waals surface area contributed by atoms with E-state index in [0.29, 0.717) is 0 Å². The van der Waals surface area contributed by atoms with Crippen LogP contribution >= 0.6 is 0 Å². The second-order valence-electron chi connectivity index (χ2n) is 11.5. The highest BCUT2D eigenvalue weighted by molar-refractivity contribution is 6.08. The molecule has 2 nitrogen and oxygen atoms in total. The number of fused-ring (bicyclic) bond motifs is 6. The molecule has 206 valence electrons. The molecule has 0 aliphatic heterocycles. The molecule has 0 aliphatic carbocycles. The molecule has 9 aromatic carbocycles. The van der Waals surface area contributed by atoms with Crippen molar-refractivity contribution in [2.45, 2.75) is 0 Å². The normalized spacial score (nSPS) is 11.7. The first-order valence-corrected chi connectivity index (χ1v) is 14.9. The van der Waals surface area contributed by atoms with Crippen molar-refractivity contribution in [3.63, 3.8) is 0 Å². The molecule has 0 atom stereocenters. The van der Waals surface area contributed by atoms with Gasteiger partial charge in [-0.1, -0.05) is 97.1 Å². The Labute approximate surface area is 254 Å². The monoisotopic (exact) mass is 562 g/mol. The third kappa shape index (κ3) is 3.89. The lowest BCUT2D eigenvalue weighted by atomic mass is 9.94. The second kappa shape index (κ2) is 9.58. The summed E-state index contributed by atoms with van der Waals surface area (Å²) in [6.07, 6.45) is 0. The van der Waals surface area contributed by atoms with E-state index in [4.69, 9.17) is 4.74 Å². The SMILES string of the molecule is Oc1c(-c2ccc3cc4ccccc4cc3c2Oc2cccc3cc4ccccc4cc23)ccc2cc3ccccc3cc12. The van der Waals surface area contributed by atoms with E-state index in [2.05, 4.69) is 121 Å². The minimum atomic E-state index is 0.252. The van der Waals surface area contributed by atoms with Crippen LogP contribution in [-0.4, -0.2) is 5.11 Å². The van der Waals surface area contributed by atoms with Crippen LogP contribution in [0.4, 0.5) is 0 Å². The summed E-state index contributed by atoms with van der Waals surface area (Å²) in [5.74, 6) is 1.76. The van der Waals surface area contributed by atoms with Crippen LogP contribution in [0.15, 0.2) is 152 Å². The highest BCUT2D eigenvalue weighted by atomic mass is 16.5. The van der Waals surface area contributed by atoms with Gasteiger partial charge in [0, 0.05) is 27.3 Å². The maximum Gasteiger partial charge on any atom is 0.143 e. The number of benzene rings is 9. The van der Waals surface area contributed by atoms with Gasteiger partial charge in [0.15, 0.2) is 0 Å². The van der Waals surface area contributed by atoms with Gasteiger partial charge < -0.3 is 9.84 Å². The maximum atomic E-state index is 11.8. The van der Waals surface area contributed by atoms with Gasteiger partial charge in [-0.05, 0) is 103 Å². The molecule has 9 rings (SSSR count). The van der Waals surface area contributed by atoms with Crippen molar-refractivity contribution in [3.8, 4) is 28.4 Å². The lowest BCUT2D eigenvalue weighted by molar-refractivity contribution is 0.480. The molecule has 2 heteroatoms. The molecule has 9 aromatic rings. The van der Waals surface area contributed by atoms with E-state index in [1.807, 2.05) is 30.3 Å². The first kappa shape index (κ1) is 24.7. The first-order chi connectivity index (χ1) is 21.7. The van der Waals surface area contributed by atoms with Crippen molar-refractivity contribution in [2.24, 2.45) is 0 Å². The Kier molecular flexibility index (Phi) is 5.38. The van der Waals surface area contributed by atoms with Crippen LogP contribution in [0, 0.1) is 0 Å². The molecule has 0 radical (unpaired) electrons. The predicted molar refractivity (Wildman–Crippen MR) is 185 cm³/mol. The van der Waals surface area contributed by atoms with Crippen LogP contribution < -0.4 is 4.74 Å². The number of rotatable bonds is 3. The Bertz CT molecular complexity index is 2600. The van der Waals surface area contributed by atoms with Crippen molar-refractivity contribution < 1.29 is 9.84 Å². The molecule has 0 amide bonds. The van der Waals surface area contributed by atoms with Crippen molar-refractivity contribution in [1.29, 1.82) is 0 Å². The zero-order valence-corrected chi connectivity index (χ0v) is 23.8. The number of aromatic hydroxyl groups is 1. The topological polar surface area (TPSA) is 29.5 Å². The second-order valence-corrected chi connectivity index (χ2v) is 11.5. The Morgan fingerprint density at radius 2 is 0.773 bits per heavy atom. The molecule has 0 saturated heterocycles. The number of ether oxygens (including phenoxy) is 1. The van der Waals surface area contributed by atoms with E-state index in [-0.39, 0.29) is 5.75 Å². The summed E-state index contributed by atoms with van der Waals surface area (Å²) < 4.78 is 7.01. The molecule has 1 N–H and O–H groups in total. The average molecular weight is 563 g/mol. The number of hydrogen-bond donors (Lipinski definition) is 1. The summed E-state index contributed by atoms with van der Waals surface area (Å²) in [5.41, 5.74) is 1.58. The van der Waals surface area contributed by atoms with E-state index < -0.39 is 0 Å². The van der Waals surface area contributed by atoms with E-state index in [1.165, 1.54) is 16.2 Å². The summed E-state index contributed by atoms with van der Waals surface area (Å²) in [5, 5.41) is 24.8. The van der Waals surface area contributed by atoms with Crippen LogP contribution in [0.3, 0.4) is 0 Å². The minimum Gasteiger partial charge on any atom is -0.507 e. The molecule has 44 heavy (non-hydrogen) atoms. The van der Waals surface area contributed by atoms with Gasteiger partial charge in [-0.15, -0.1) is 0 Å². The molecular formula is C42H26O2. The summed E-state index contributed by atoms with van der Waals surface area (Å²) >= 11 is 0. The van der Waals surface area contributed by atoms with Gasteiger partial charge in [-0.2, -0.15) is 0 Å². The van der Waals surface area contributed by atoms with Gasteiger partial charge in [-0.3, -0.25) is 0 Å². The van der Waals surface area contributed by atoms with Crippen LogP contribution in [0.1, 0.15) is 0 Å². The molecule has 0 heterocycles. The Morgan fingerprint density at radius 1 is 0.341 bits per heavy atom. The van der Waals surface area contributed by atoms with Crippen molar-refractivity contribution in [2.75, 3.05) is 0 Å². The van der Waals surface area contributed by atoms with Crippen molar-refractivity contribution in [3.05, 3.63) is 152 Å². The molecule has 0 unspecified atom stereocenters. The fourth-order valence-electron chi connectivity index (χ4n) is 6.66. The zero-order chi connectivity index (χ0) is 29.2. The van der Waals surface area contributed by atoms with Crippen LogP contribution in [0.2, 0.25) is 0 Å². The van der Waals surface area contributed by atoms with Gasteiger partial charge in [0.2, 0.25) is 0 Å². The van der Waals surface area contributed by atoms with E-state index in [1.54, 1.807) is 0 Å². The first-order valence-electron chi connectivity index (χ1n) is 14.9. The Hall–Kier alpha value is -5.86. The molecule has 0 spiro atoms. The van der Waals surface area contributed by atoms with Gasteiger partial charge >= 0.3 is 0 Å². The quantitative estimate of drug-likeness (QED) is 0.217. The Morgan fingerprint density at radius 3 is 1.36 bits per heavy atom. The standard InChI is InChI=1S/C42H26O2/c43-41-35(18-16-33-21-27-9-2-5-12-30(27)24-38(33)41)36-19-17-34-22-28-10-3-6-13-31(28)25-39(34)42(36)44-40-15-7-14-32-20-26-8-1-4-11-29(26)23-37(32)40/h1-25,43H. The Balaban J connectivity index is 1.32. The van der Waals surface area contributed by atoms with E-state index >= 15 is 0 Å². The molecule has 0 aromatic heterocycles. The van der Waals surface area contributed by atoms with Gasteiger partial charge in [0.1, 0.15) is 17.2 Å². The maximum absolute atomic E-state index is 11.8. The van der Waals surface area contributed by atoms with Gasteiger partial charge in [0.05, 0.1) is 0 Å². The molecule has 0 aliphatic rings. The largest absolute Gasteiger partial charge is 0.507 e. The molecule has 0 saturated carbocycles. The van der Waals surface area contributed by atoms with Crippen molar-refractivity contribution >= 4 is 64.6 Å².